The topological polar surface area (TPSA) is 39.3 Å². The second-order valence-corrected chi connectivity index (χ2v) is 6.92. The SMILES string of the molecule is CCN(CC)CCNc1ccc2c(c1)NNC1=C2C=C(Cl)C(Cl)=CC1.Cl.Cl. The van der Waals surface area contributed by atoms with Gasteiger partial charge in [0.05, 0.1) is 15.8 Å². The predicted molar refractivity (Wildman–Crippen MR) is 123 cm³/mol. The first-order chi connectivity index (χ1) is 12.1. The van der Waals surface area contributed by atoms with Crippen LogP contribution in [-0.2, 0) is 0 Å². The molecule has 0 saturated carbocycles. The minimum atomic E-state index is 0. The molecule has 1 aromatic carbocycles. The second kappa shape index (κ2) is 11.1. The Morgan fingerprint density at radius 3 is 2.52 bits per heavy atom. The molecule has 4 nitrogen and oxygen atoms in total. The highest BCUT2D eigenvalue weighted by Gasteiger charge is 2.20. The molecule has 3 N–H and O–H groups in total. The van der Waals surface area contributed by atoms with E-state index in [1.807, 2.05) is 12.2 Å². The lowest BCUT2D eigenvalue weighted by Crippen LogP contribution is -2.29. The summed E-state index contributed by atoms with van der Waals surface area (Å²) in [5.41, 5.74) is 12.0. The standard InChI is InChI=1S/C19H24Cl2N4.2ClH/c1-3-25(4-2)10-9-22-13-5-6-14-15-12-17(21)16(20)7-8-18(15)23-24-19(14)11-13;;/h5-7,11-12,22-24H,3-4,8-10H2,1-2H3;2*1H. The van der Waals surface area contributed by atoms with Crippen molar-refractivity contribution >= 4 is 65.0 Å². The molecule has 0 atom stereocenters. The first-order valence-corrected chi connectivity index (χ1v) is 9.47. The largest absolute Gasteiger partial charge is 0.384 e. The number of nitrogens with zero attached hydrogens (tertiary/aromatic N) is 1. The van der Waals surface area contributed by atoms with Crippen LogP contribution >= 0.6 is 48.0 Å². The molecular weight excluding hydrogens is 426 g/mol. The average Bonchev–Trinajstić information content (AvgIpc) is 2.77. The van der Waals surface area contributed by atoms with Crippen LogP contribution in [0.4, 0.5) is 11.4 Å². The number of halogens is 4. The quantitative estimate of drug-likeness (QED) is 0.528. The van der Waals surface area contributed by atoms with Crippen molar-refractivity contribution in [1.29, 1.82) is 0 Å². The van der Waals surface area contributed by atoms with Crippen molar-refractivity contribution in [3.8, 4) is 0 Å². The van der Waals surface area contributed by atoms with Crippen LogP contribution in [0, 0.1) is 0 Å². The molecular formula is C19H26Cl4N4. The molecule has 1 aromatic rings. The Hall–Kier alpha value is -1.04. The summed E-state index contributed by atoms with van der Waals surface area (Å²) in [6.45, 7) is 8.50. The molecule has 2 aliphatic rings. The van der Waals surface area contributed by atoms with Crippen molar-refractivity contribution in [3.05, 3.63) is 51.7 Å². The number of allylic oxidation sites excluding steroid dienone is 5. The van der Waals surface area contributed by atoms with E-state index >= 15 is 0 Å². The van der Waals surface area contributed by atoms with Gasteiger partial charge in [-0.2, -0.15) is 0 Å². The first-order valence-electron chi connectivity index (χ1n) is 8.71. The van der Waals surface area contributed by atoms with Gasteiger partial charge >= 0.3 is 0 Å². The van der Waals surface area contributed by atoms with Crippen molar-refractivity contribution in [2.24, 2.45) is 0 Å². The van der Waals surface area contributed by atoms with Crippen LogP contribution in [0.15, 0.2) is 46.1 Å². The lowest BCUT2D eigenvalue weighted by molar-refractivity contribution is 0.316. The summed E-state index contributed by atoms with van der Waals surface area (Å²) in [6.07, 6.45) is 4.58. The number of hydrazine groups is 1. The highest BCUT2D eigenvalue weighted by molar-refractivity contribution is 6.44. The zero-order chi connectivity index (χ0) is 17.8. The number of hydrogen-bond donors (Lipinski definition) is 3. The molecule has 0 amide bonds. The van der Waals surface area contributed by atoms with Gasteiger partial charge in [-0.3, -0.25) is 0 Å². The van der Waals surface area contributed by atoms with E-state index in [1.54, 1.807) is 0 Å². The Morgan fingerprint density at radius 1 is 1.07 bits per heavy atom. The van der Waals surface area contributed by atoms with Crippen LogP contribution in [0.25, 0.3) is 5.57 Å². The molecule has 150 valence electrons. The van der Waals surface area contributed by atoms with Crippen LogP contribution in [0.1, 0.15) is 25.8 Å². The van der Waals surface area contributed by atoms with E-state index in [2.05, 4.69) is 53.1 Å². The molecule has 0 bridgehead atoms. The number of benzene rings is 1. The molecule has 0 saturated heterocycles. The van der Waals surface area contributed by atoms with Crippen LogP contribution in [-0.4, -0.2) is 31.1 Å². The third-order valence-corrected chi connectivity index (χ3v) is 5.39. The summed E-state index contributed by atoms with van der Waals surface area (Å²) >= 11 is 12.4. The maximum atomic E-state index is 6.28. The number of anilines is 2. The van der Waals surface area contributed by atoms with E-state index in [9.17, 15) is 0 Å². The van der Waals surface area contributed by atoms with Crippen molar-refractivity contribution in [2.75, 3.05) is 36.9 Å². The fraction of sp³-hybridized carbons (Fsp3) is 0.368. The number of rotatable bonds is 6. The molecule has 1 aliphatic heterocycles. The molecule has 0 radical (unpaired) electrons. The highest BCUT2D eigenvalue weighted by Crippen LogP contribution is 2.37. The Labute approximate surface area is 183 Å². The summed E-state index contributed by atoms with van der Waals surface area (Å²) < 4.78 is 0. The summed E-state index contributed by atoms with van der Waals surface area (Å²) in [4.78, 5) is 2.40. The summed E-state index contributed by atoms with van der Waals surface area (Å²) in [5, 5.41) is 4.66. The van der Waals surface area contributed by atoms with Crippen LogP contribution in [0.5, 0.6) is 0 Å². The maximum Gasteiger partial charge on any atom is 0.0639 e. The Kier molecular flexibility index (Phi) is 9.85. The Bertz CT molecular complexity index is 739. The molecule has 0 unspecified atom stereocenters. The second-order valence-electron chi connectivity index (χ2n) is 6.10. The van der Waals surface area contributed by atoms with Crippen LogP contribution in [0.3, 0.4) is 0 Å². The van der Waals surface area contributed by atoms with Gasteiger partial charge in [-0.1, -0.05) is 49.2 Å². The molecule has 1 heterocycles. The highest BCUT2D eigenvalue weighted by atomic mass is 35.5. The van der Waals surface area contributed by atoms with E-state index in [0.717, 1.165) is 60.8 Å². The molecule has 3 rings (SSSR count). The summed E-state index contributed by atoms with van der Waals surface area (Å²) in [6, 6.07) is 6.36. The van der Waals surface area contributed by atoms with Crippen LogP contribution in [0.2, 0.25) is 0 Å². The van der Waals surface area contributed by atoms with E-state index < -0.39 is 0 Å². The van der Waals surface area contributed by atoms with E-state index in [0.29, 0.717) is 10.1 Å². The summed E-state index contributed by atoms with van der Waals surface area (Å²) in [7, 11) is 0. The van der Waals surface area contributed by atoms with Gasteiger partial charge in [0, 0.05) is 42.0 Å². The normalized spacial score (nSPS) is 15.0. The van der Waals surface area contributed by atoms with Crippen molar-refractivity contribution in [1.82, 2.24) is 10.3 Å². The van der Waals surface area contributed by atoms with Gasteiger partial charge in [-0.05, 0) is 31.3 Å². The fourth-order valence-electron chi connectivity index (χ4n) is 3.07. The Balaban J connectivity index is 0.00000182. The van der Waals surface area contributed by atoms with Gasteiger partial charge in [-0.25, -0.2) is 0 Å². The minimum Gasteiger partial charge on any atom is -0.384 e. The number of fused-ring (bicyclic) bond motifs is 2. The third kappa shape index (κ3) is 5.72. The van der Waals surface area contributed by atoms with E-state index in [-0.39, 0.29) is 24.8 Å². The monoisotopic (exact) mass is 450 g/mol. The van der Waals surface area contributed by atoms with Gasteiger partial charge in [0.25, 0.3) is 0 Å². The molecule has 0 spiro atoms. The van der Waals surface area contributed by atoms with E-state index in [4.69, 9.17) is 23.2 Å². The van der Waals surface area contributed by atoms with Gasteiger partial charge < -0.3 is 21.1 Å². The molecule has 0 aromatic heterocycles. The lowest BCUT2D eigenvalue weighted by atomic mass is 9.98. The third-order valence-electron chi connectivity index (χ3n) is 4.62. The summed E-state index contributed by atoms with van der Waals surface area (Å²) in [5.74, 6) is 0. The van der Waals surface area contributed by atoms with Crippen molar-refractivity contribution in [2.45, 2.75) is 20.3 Å². The van der Waals surface area contributed by atoms with Crippen LogP contribution < -0.4 is 16.2 Å². The smallest absolute Gasteiger partial charge is 0.0639 e. The first kappa shape index (κ1) is 24.0. The zero-order valence-corrected chi connectivity index (χ0v) is 18.6. The number of nitrogens with one attached hydrogen (secondary N) is 3. The number of likely N-dealkylation sites (N-methyl/N-ethyl adjacent to an activating group) is 1. The van der Waals surface area contributed by atoms with Gasteiger partial charge in [0.1, 0.15) is 0 Å². The molecule has 8 heteroatoms. The average molecular weight is 452 g/mol. The minimum absolute atomic E-state index is 0. The van der Waals surface area contributed by atoms with E-state index in [1.165, 1.54) is 0 Å². The maximum absolute atomic E-state index is 6.28. The lowest BCUT2D eigenvalue weighted by Gasteiger charge is -2.25. The predicted octanol–water partition coefficient (Wildman–Crippen LogP) is 5.57. The fourth-order valence-corrected chi connectivity index (χ4v) is 3.39. The van der Waals surface area contributed by atoms with Crippen molar-refractivity contribution < 1.29 is 0 Å². The molecule has 1 aliphatic carbocycles. The Morgan fingerprint density at radius 2 is 1.81 bits per heavy atom. The molecule has 27 heavy (non-hydrogen) atoms. The van der Waals surface area contributed by atoms with Gasteiger partial charge in [-0.15, -0.1) is 24.8 Å². The van der Waals surface area contributed by atoms with Gasteiger partial charge in [0.2, 0.25) is 0 Å². The molecule has 0 fully saturated rings. The van der Waals surface area contributed by atoms with Crippen molar-refractivity contribution in [3.63, 3.8) is 0 Å². The number of hydrogen-bond acceptors (Lipinski definition) is 4. The van der Waals surface area contributed by atoms with Gasteiger partial charge in [0.15, 0.2) is 0 Å². The zero-order valence-electron chi connectivity index (χ0n) is 15.4.